The summed E-state index contributed by atoms with van der Waals surface area (Å²) in [5.74, 6) is -0.462. The smallest absolute Gasteiger partial charge is 0.343 e. The predicted molar refractivity (Wildman–Crippen MR) is 105 cm³/mol. The molecule has 1 aromatic rings. The van der Waals surface area contributed by atoms with E-state index in [1.807, 2.05) is 13.8 Å². The first-order chi connectivity index (χ1) is 12.4. The average molecular weight is 417 g/mol. The van der Waals surface area contributed by atoms with Crippen LogP contribution in [0.1, 0.15) is 19.4 Å². The second-order valence-corrected chi connectivity index (χ2v) is 6.92. The summed E-state index contributed by atoms with van der Waals surface area (Å²) in [6.07, 6.45) is 1.70. The molecule has 1 aromatic carbocycles. The lowest BCUT2D eigenvalue weighted by Crippen LogP contribution is -2.28. The van der Waals surface area contributed by atoms with Gasteiger partial charge in [-0.15, -0.1) is 0 Å². The highest BCUT2D eigenvalue weighted by Crippen LogP contribution is 2.37. The zero-order valence-electron chi connectivity index (χ0n) is 14.5. The van der Waals surface area contributed by atoms with Crippen molar-refractivity contribution in [2.75, 3.05) is 26.8 Å². The van der Waals surface area contributed by atoms with Crippen LogP contribution in [0.25, 0.3) is 6.08 Å². The fourth-order valence-electron chi connectivity index (χ4n) is 2.18. The predicted octanol–water partition coefficient (Wildman–Crippen LogP) is 3.86. The third-order valence-electron chi connectivity index (χ3n) is 3.38. The zero-order valence-corrected chi connectivity index (χ0v) is 16.9. The van der Waals surface area contributed by atoms with Gasteiger partial charge in [0.25, 0.3) is 5.91 Å². The van der Waals surface area contributed by atoms with E-state index >= 15 is 0 Å². The van der Waals surface area contributed by atoms with Crippen LogP contribution in [0.4, 0.5) is 0 Å². The molecule has 9 heteroatoms. The molecule has 26 heavy (non-hydrogen) atoms. The normalized spacial score (nSPS) is 17.3. The molecule has 0 spiro atoms. The van der Waals surface area contributed by atoms with E-state index in [0.717, 1.165) is 0 Å². The summed E-state index contributed by atoms with van der Waals surface area (Å²) in [5.41, 5.74) is 0.648. The van der Waals surface area contributed by atoms with E-state index in [-0.39, 0.29) is 28.3 Å². The summed E-state index contributed by atoms with van der Waals surface area (Å²) in [4.78, 5) is 30.2. The third-order valence-corrected chi connectivity index (χ3v) is 4.98. The van der Waals surface area contributed by atoms with Gasteiger partial charge in [0.05, 0.1) is 22.1 Å². The molecule has 0 N–H and O–H groups in total. The van der Waals surface area contributed by atoms with Crippen LogP contribution in [0.2, 0.25) is 10.0 Å². The molecule has 2 rings (SSSR count). The highest BCUT2D eigenvalue weighted by molar-refractivity contribution is 8.18. The minimum atomic E-state index is -0.543. The Labute approximate surface area is 166 Å². The lowest BCUT2D eigenvalue weighted by molar-refractivity contribution is -0.142. The maximum atomic E-state index is 12.5. The topological polar surface area (TPSA) is 68.2 Å². The lowest BCUT2D eigenvalue weighted by Gasteiger charge is -2.11. The molecular formula is C17H18Cl2N2O4S. The van der Waals surface area contributed by atoms with Gasteiger partial charge < -0.3 is 9.47 Å². The SMILES string of the molecule is CCN=C1S/C(=C/c2cc(Cl)c(OCC(=O)OC)c(Cl)c2)C(=O)N1CC. The second kappa shape index (κ2) is 9.30. The number of benzene rings is 1. The summed E-state index contributed by atoms with van der Waals surface area (Å²) in [6.45, 7) is 4.66. The van der Waals surface area contributed by atoms with E-state index in [4.69, 9.17) is 27.9 Å². The second-order valence-electron chi connectivity index (χ2n) is 5.10. The number of hydrogen-bond donors (Lipinski definition) is 0. The standard InChI is InChI=1S/C17H18Cl2N2O4S/c1-4-20-17-21(5-2)16(23)13(26-17)8-10-6-11(18)15(12(19)7-10)25-9-14(22)24-3/h6-8H,4-5,9H2,1-3H3/b13-8+,20-17?. The van der Waals surface area contributed by atoms with Crippen molar-refractivity contribution in [1.82, 2.24) is 4.90 Å². The molecule has 140 valence electrons. The molecule has 1 fully saturated rings. The zero-order chi connectivity index (χ0) is 19.3. The lowest BCUT2D eigenvalue weighted by atomic mass is 10.2. The van der Waals surface area contributed by atoms with Gasteiger partial charge in [0.2, 0.25) is 0 Å². The van der Waals surface area contributed by atoms with Crippen molar-refractivity contribution in [3.63, 3.8) is 0 Å². The van der Waals surface area contributed by atoms with E-state index in [9.17, 15) is 9.59 Å². The van der Waals surface area contributed by atoms with Gasteiger partial charge in [0.1, 0.15) is 0 Å². The van der Waals surface area contributed by atoms with Gasteiger partial charge in [-0.3, -0.25) is 14.7 Å². The molecule has 6 nitrogen and oxygen atoms in total. The fourth-order valence-corrected chi connectivity index (χ4v) is 3.90. The summed E-state index contributed by atoms with van der Waals surface area (Å²) in [6, 6.07) is 3.23. The molecule has 0 unspecified atom stereocenters. The summed E-state index contributed by atoms with van der Waals surface area (Å²) in [7, 11) is 1.26. The highest BCUT2D eigenvalue weighted by atomic mass is 35.5. The van der Waals surface area contributed by atoms with Crippen molar-refractivity contribution >= 4 is 58.1 Å². The van der Waals surface area contributed by atoms with Crippen molar-refractivity contribution in [3.05, 3.63) is 32.6 Å². The highest BCUT2D eigenvalue weighted by Gasteiger charge is 2.31. The van der Waals surface area contributed by atoms with Crippen molar-refractivity contribution in [3.8, 4) is 5.75 Å². The molecule has 0 radical (unpaired) electrons. The van der Waals surface area contributed by atoms with Gasteiger partial charge in [0, 0.05) is 13.1 Å². The molecule has 0 atom stereocenters. The number of thioether (sulfide) groups is 1. The Hall–Kier alpha value is -1.70. The van der Waals surface area contributed by atoms with Crippen LogP contribution in [-0.2, 0) is 14.3 Å². The molecular weight excluding hydrogens is 399 g/mol. The number of aliphatic imine (C=N–C) groups is 1. The van der Waals surface area contributed by atoms with E-state index in [2.05, 4.69) is 9.73 Å². The van der Waals surface area contributed by atoms with Gasteiger partial charge in [-0.05, 0) is 49.4 Å². The van der Waals surface area contributed by atoms with Crippen molar-refractivity contribution in [2.45, 2.75) is 13.8 Å². The Morgan fingerprint density at radius 2 is 1.96 bits per heavy atom. The molecule has 0 saturated carbocycles. The monoisotopic (exact) mass is 416 g/mol. The number of hydrogen-bond acceptors (Lipinski definition) is 6. The molecule has 1 aliphatic heterocycles. The van der Waals surface area contributed by atoms with Crippen molar-refractivity contribution in [2.24, 2.45) is 4.99 Å². The van der Waals surface area contributed by atoms with E-state index in [1.165, 1.54) is 18.9 Å². The number of esters is 1. The van der Waals surface area contributed by atoms with E-state index in [0.29, 0.717) is 28.7 Å². The Balaban J connectivity index is 2.27. The molecule has 1 saturated heterocycles. The largest absolute Gasteiger partial charge is 0.479 e. The Morgan fingerprint density at radius 1 is 1.31 bits per heavy atom. The summed E-state index contributed by atoms with van der Waals surface area (Å²) in [5, 5.41) is 1.15. The van der Waals surface area contributed by atoms with E-state index in [1.54, 1.807) is 23.1 Å². The van der Waals surface area contributed by atoms with Gasteiger partial charge >= 0.3 is 5.97 Å². The first-order valence-electron chi connectivity index (χ1n) is 7.85. The molecule has 0 bridgehead atoms. The molecule has 1 amide bonds. The number of carbonyl (C=O) groups is 2. The van der Waals surface area contributed by atoms with Crippen molar-refractivity contribution in [1.29, 1.82) is 0 Å². The number of rotatable bonds is 6. The Morgan fingerprint density at radius 3 is 2.50 bits per heavy atom. The summed E-state index contributed by atoms with van der Waals surface area (Å²) >= 11 is 13.7. The minimum absolute atomic E-state index is 0.108. The summed E-state index contributed by atoms with van der Waals surface area (Å²) < 4.78 is 9.80. The fraction of sp³-hybridized carbons (Fsp3) is 0.353. The molecule has 1 aliphatic rings. The van der Waals surface area contributed by atoms with Crippen LogP contribution < -0.4 is 4.74 Å². The van der Waals surface area contributed by atoms with Gasteiger partial charge in [-0.2, -0.15) is 0 Å². The molecule has 0 aliphatic carbocycles. The first kappa shape index (κ1) is 20.6. The minimum Gasteiger partial charge on any atom is -0.479 e. The number of amides is 1. The number of halogens is 2. The van der Waals surface area contributed by atoms with Crippen LogP contribution in [0, 0.1) is 0 Å². The number of methoxy groups -OCH3 is 1. The number of nitrogens with zero attached hydrogens (tertiary/aromatic N) is 2. The Bertz CT molecular complexity index is 757. The van der Waals surface area contributed by atoms with E-state index < -0.39 is 5.97 Å². The third kappa shape index (κ3) is 4.72. The number of ether oxygens (including phenoxy) is 2. The number of amidine groups is 1. The molecule has 1 heterocycles. The van der Waals surface area contributed by atoms with Crippen molar-refractivity contribution < 1.29 is 19.1 Å². The van der Waals surface area contributed by atoms with Gasteiger partial charge in [0.15, 0.2) is 17.5 Å². The number of carbonyl (C=O) groups excluding carboxylic acids is 2. The van der Waals surface area contributed by atoms with Gasteiger partial charge in [-0.1, -0.05) is 23.2 Å². The maximum Gasteiger partial charge on any atom is 0.343 e. The van der Waals surface area contributed by atoms with Gasteiger partial charge in [-0.25, -0.2) is 4.79 Å². The quantitative estimate of drug-likeness (QED) is 0.520. The maximum absolute atomic E-state index is 12.5. The first-order valence-corrected chi connectivity index (χ1v) is 9.43. The average Bonchev–Trinajstić information content (AvgIpc) is 2.89. The van der Waals surface area contributed by atoms with Crippen LogP contribution in [0.15, 0.2) is 22.0 Å². The van der Waals surface area contributed by atoms with Crippen LogP contribution >= 0.6 is 35.0 Å². The molecule has 0 aromatic heterocycles. The van der Waals surface area contributed by atoms with Crippen LogP contribution in [0.3, 0.4) is 0 Å². The number of likely N-dealkylation sites (N-methyl/N-ethyl adjacent to an activating group) is 1. The van der Waals surface area contributed by atoms with Crippen LogP contribution in [0.5, 0.6) is 5.75 Å². The Kier molecular flexibility index (Phi) is 7.37. The van der Waals surface area contributed by atoms with Crippen LogP contribution in [-0.4, -0.2) is 48.8 Å².